The first kappa shape index (κ1) is 28.0. The minimum atomic E-state index is -3.59. The summed E-state index contributed by atoms with van der Waals surface area (Å²) in [6, 6.07) is 8.81. The van der Waals surface area contributed by atoms with Crippen LogP contribution in [0.4, 0.5) is 17.1 Å². The largest absolute Gasteiger partial charge is 0.492 e. The molecule has 13 heteroatoms. The maximum Gasteiger partial charge on any atom is 0.255 e. The second-order valence-electron chi connectivity index (χ2n) is 11.0. The van der Waals surface area contributed by atoms with Gasteiger partial charge in [-0.05, 0) is 47.7 Å². The van der Waals surface area contributed by atoms with Crippen molar-refractivity contribution in [1.82, 2.24) is 9.55 Å². The Balaban J connectivity index is 1.42. The zero-order valence-corrected chi connectivity index (χ0v) is 25.0. The molecule has 0 saturated heterocycles. The third-order valence-corrected chi connectivity index (χ3v) is 8.40. The highest BCUT2D eigenvalue weighted by molar-refractivity contribution is 7.99. The van der Waals surface area contributed by atoms with Crippen molar-refractivity contribution in [2.75, 3.05) is 40.7 Å². The van der Waals surface area contributed by atoms with Crippen molar-refractivity contribution in [1.29, 1.82) is 0 Å². The molecule has 2 aliphatic heterocycles. The number of imidazole rings is 1. The highest BCUT2D eigenvalue weighted by atomic mass is 32.2. The van der Waals surface area contributed by atoms with Gasteiger partial charge in [-0.25, -0.2) is 18.4 Å². The summed E-state index contributed by atoms with van der Waals surface area (Å²) >= 11 is 1.74. The van der Waals surface area contributed by atoms with Gasteiger partial charge in [0.05, 0.1) is 48.9 Å². The smallest absolute Gasteiger partial charge is 0.255 e. The molecule has 2 N–H and O–H groups in total. The van der Waals surface area contributed by atoms with Crippen molar-refractivity contribution in [3.63, 3.8) is 0 Å². The van der Waals surface area contributed by atoms with Crippen molar-refractivity contribution in [2.24, 2.45) is 10.3 Å². The molecular formula is C27H33N7O4S2. The Morgan fingerprint density at radius 3 is 2.62 bits per heavy atom. The van der Waals surface area contributed by atoms with E-state index in [1.807, 2.05) is 45.0 Å². The van der Waals surface area contributed by atoms with E-state index in [9.17, 15) is 13.2 Å². The van der Waals surface area contributed by atoms with Gasteiger partial charge in [0.2, 0.25) is 10.0 Å². The summed E-state index contributed by atoms with van der Waals surface area (Å²) in [5.74, 6) is 0.867. The fourth-order valence-corrected chi connectivity index (χ4v) is 6.23. The molecule has 1 atom stereocenters. The molecule has 0 spiro atoms. The molecule has 0 fully saturated rings. The third kappa shape index (κ3) is 5.66. The predicted molar refractivity (Wildman–Crippen MR) is 157 cm³/mol. The predicted octanol–water partition coefficient (Wildman–Crippen LogP) is 5.16. The molecule has 0 bridgehead atoms. The summed E-state index contributed by atoms with van der Waals surface area (Å²) in [7, 11) is -2.15. The Bertz CT molecular complexity index is 1610. The zero-order chi connectivity index (χ0) is 28.8. The number of rotatable bonds is 7. The number of thioether (sulfide) groups is 1. The Labute approximate surface area is 238 Å². The molecule has 0 aliphatic carbocycles. The van der Waals surface area contributed by atoms with Gasteiger partial charge in [0.15, 0.2) is 10.9 Å². The average Bonchev–Trinajstić information content (AvgIpc) is 3.60. The fourth-order valence-electron chi connectivity index (χ4n) is 4.74. The van der Waals surface area contributed by atoms with Gasteiger partial charge >= 0.3 is 0 Å². The maximum absolute atomic E-state index is 13.5. The van der Waals surface area contributed by atoms with Gasteiger partial charge < -0.3 is 14.6 Å². The summed E-state index contributed by atoms with van der Waals surface area (Å²) in [6.07, 6.45) is 2.94. The van der Waals surface area contributed by atoms with Crippen LogP contribution in [0, 0.1) is 6.92 Å². The lowest BCUT2D eigenvalue weighted by Gasteiger charge is -2.24. The molecule has 1 unspecified atom stereocenters. The molecule has 212 valence electrons. The Morgan fingerprint density at radius 2 is 1.93 bits per heavy atom. The molecule has 2 aromatic carbocycles. The van der Waals surface area contributed by atoms with Gasteiger partial charge in [-0.3, -0.25) is 9.52 Å². The Kier molecular flexibility index (Phi) is 7.29. The molecule has 40 heavy (non-hydrogen) atoms. The monoisotopic (exact) mass is 583 g/mol. The summed E-state index contributed by atoms with van der Waals surface area (Å²) < 4.78 is 34.4. The van der Waals surface area contributed by atoms with Crippen LogP contribution in [0.15, 0.2) is 52.0 Å². The van der Waals surface area contributed by atoms with Crippen LogP contribution in [0.25, 0.3) is 0 Å². The summed E-state index contributed by atoms with van der Waals surface area (Å²) in [5.41, 5.74) is 4.33. The van der Waals surface area contributed by atoms with E-state index >= 15 is 0 Å². The Hall–Kier alpha value is -3.58. The average molecular weight is 584 g/mol. The van der Waals surface area contributed by atoms with Crippen LogP contribution >= 0.6 is 11.8 Å². The Morgan fingerprint density at radius 1 is 1.18 bits per heavy atom. The zero-order valence-electron chi connectivity index (χ0n) is 23.3. The molecule has 2 aliphatic rings. The lowest BCUT2D eigenvalue weighted by molar-refractivity contribution is 0.102. The number of hydrogen-bond acceptors (Lipinski definition) is 9. The van der Waals surface area contributed by atoms with Crippen molar-refractivity contribution in [3.8, 4) is 5.75 Å². The third-order valence-electron chi connectivity index (χ3n) is 6.83. The van der Waals surface area contributed by atoms with E-state index in [4.69, 9.17) is 4.74 Å². The number of aromatic nitrogens is 2. The number of nitrogens with zero attached hydrogens (tertiary/aromatic N) is 5. The number of sulfonamides is 1. The van der Waals surface area contributed by atoms with E-state index in [0.29, 0.717) is 17.8 Å². The maximum atomic E-state index is 13.5. The second kappa shape index (κ2) is 10.4. The van der Waals surface area contributed by atoms with Gasteiger partial charge in [-0.1, -0.05) is 43.8 Å². The number of carbonyl (C=O) groups is 1. The van der Waals surface area contributed by atoms with Gasteiger partial charge in [0.1, 0.15) is 6.04 Å². The SMILES string of the molecule is COc1c(NC(=O)c2ccc(C)c(N3CC(c4cnc5n4CCS5)N=N3)c2)cc(C(C)(C)C)cc1NS(C)(=O)=O. The van der Waals surface area contributed by atoms with E-state index in [-0.39, 0.29) is 28.8 Å². The summed E-state index contributed by atoms with van der Waals surface area (Å²) in [5, 5.41) is 14.7. The standard InChI is InChI=1S/C27H33N7O4S2/c1-16-7-8-17(11-22(16)34-15-21(30-32-34)23-14-28-26-33(23)9-10-39-26)25(35)29-19-12-18(27(2,3)4)13-20(24(19)38-5)31-40(6,36)37/h7-8,11-14,21,31H,9-10,15H2,1-6H3,(H,29,35). The number of methoxy groups -OCH3 is 1. The molecule has 0 saturated carbocycles. The van der Waals surface area contributed by atoms with Crippen LogP contribution in [0.1, 0.15) is 54.0 Å². The highest BCUT2D eigenvalue weighted by Gasteiger charge is 2.29. The van der Waals surface area contributed by atoms with E-state index in [1.165, 1.54) is 7.11 Å². The van der Waals surface area contributed by atoms with Crippen molar-refractivity contribution in [3.05, 3.63) is 58.9 Å². The summed E-state index contributed by atoms with van der Waals surface area (Å²) in [6.45, 7) is 9.44. The molecule has 1 amide bonds. The van der Waals surface area contributed by atoms with Crippen LogP contribution in [0.5, 0.6) is 5.75 Å². The number of fused-ring (bicyclic) bond motifs is 1. The number of benzene rings is 2. The van der Waals surface area contributed by atoms with Crippen molar-refractivity contribution >= 4 is 44.8 Å². The first-order valence-corrected chi connectivity index (χ1v) is 15.7. The second-order valence-corrected chi connectivity index (χ2v) is 13.8. The molecule has 3 heterocycles. The van der Waals surface area contributed by atoms with Crippen molar-refractivity contribution < 1.29 is 17.9 Å². The number of nitrogens with one attached hydrogen (secondary N) is 2. The fraction of sp³-hybridized carbons (Fsp3) is 0.407. The number of anilines is 3. The first-order valence-electron chi connectivity index (χ1n) is 12.8. The number of carbonyl (C=O) groups excluding carboxylic acids is 1. The lowest BCUT2D eigenvalue weighted by Crippen LogP contribution is -2.20. The van der Waals surface area contributed by atoms with E-state index in [1.54, 1.807) is 36.0 Å². The van der Waals surface area contributed by atoms with Crippen LogP contribution in [-0.2, 0) is 22.0 Å². The molecule has 5 rings (SSSR count). The molecule has 0 radical (unpaired) electrons. The topological polar surface area (TPSA) is 130 Å². The number of ether oxygens (including phenoxy) is 1. The minimum Gasteiger partial charge on any atom is -0.492 e. The molecule has 3 aromatic rings. The van der Waals surface area contributed by atoms with Crippen LogP contribution in [-0.4, -0.2) is 49.5 Å². The molecule has 11 nitrogen and oxygen atoms in total. The van der Waals surface area contributed by atoms with Crippen molar-refractivity contribution in [2.45, 2.75) is 50.9 Å². The lowest BCUT2D eigenvalue weighted by atomic mass is 9.86. The normalized spacial score (nSPS) is 16.8. The first-order chi connectivity index (χ1) is 18.8. The van der Waals surface area contributed by atoms with Gasteiger partial charge in [-0.15, -0.1) is 0 Å². The summed E-state index contributed by atoms with van der Waals surface area (Å²) in [4.78, 5) is 18.0. The number of amides is 1. The molecule has 1 aromatic heterocycles. The highest BCUT2D eigenvalue weighted by Crippen LogP contribution is 2.40. The quantitative estimate of drug-likeness (QED) is 0.393. The van der Waals surface area contributed by atoms with Gasteiger partial charge in [0, 0.05) is 17.9 Å². The van der Waals surface area contributed by atoms with Crippen LogP contribution < -0.4 is 19.8 Å². The van der Waals surface area contributed by atoms with Gasteiger partial charge in [-0.2, -0.15) is 5.11 Å². The van der Waals surface area contributed by atoms with E-state index in [2.05, 4.69) is 29.9 Å². The van der Waals surface area contributed by atoms with Crippen LogP contribution in [0.3, 0.4) is 0 Å². The van der Waals surface area contributed by atoms with Gasteiger partial charge in [0.25, 0.3) is 5.91 Å². The molecular weight excluding hydrogens is 550 g/mol. The number of hydrogen-bond donors (Lipinski definition) is 2. The van der Waals surface area contributed by atoms with E-state index in [0.717, 1.165) is 46.2 Å². The minimum absolute atomic E-state index is 0.137. The van der Waals surface area contributed by atoms with E-state index < -0.39 is 10.0 Å². The number of aryl methyl sites for hydroxylation is 1. The van der Waals surface area contributed by atoms with Crippen LogP contribution in [0.2, 0.25) is 0 Å².